The molecule has 0 aliphatic heterocycles. The summed E-state index contributed by atoms with van der Waals surface area (Å²) >= 11 is 0. The Kier molecular flexibility index (Phi) is 5.43. The Morgan fingerprint density at radius 2 is 1.60 bits per heavy atom. The van der Waals surface area contributed by atoms with Crippen LogP contribution in [-0.4, -0.2) is 25.5 Å². The van der Waals surface area contributed by atoms with Crippen LogP contribution < -0.4 is 0 Å². The maximum atomic E-state index is 5.00. The summed E-state index contributed by atoms with van der Waals surface area (Å²) in [5.41, 5.74) is 7.64. The number of para-hydroxylation sites is 2. The molecular weight excluding hydrogens is 430 g/mol. The lowest BCUT2D eigenvalue weighted by molar-refractivity contribution is 0.827. The Hall–Kier alpha value is -4.51. The van der Waals surface area contributed by atoms with Gasteiger partial charge in [-0.3, -0.25) is 9.98 Å². The maximum absolute atomic E-state index is 5.00. The van der Waals surface area contributed by atoms with Gasteiger partial charge in [-0.2, -0.15) is 5.10 Å². The molecule has 35 heavy (non-hydrogen) atoms. The fraction of sp³-hybridized carbons (Fsp3) is 0.100. The van der Waals surface area contributed by atoms with Crippen LogP contribution in [0.4, 0.5) is 0 Å². The first kappa shape index (κ1) is 21.1. The number of hydrogen-bond acceptors (Lipinski definition) is 3. The highest BCUT2D eigenvalue weighted by Crippen LogP contribution is 2.33. The second-order valence-corrected chi connectivity index (χ2v) is 8.53. The standard InChI is InChI=1S/C30H25N5/c1-2-34-28-11-7-6-10-26(28)27-18-23(12-13-29(27)34)30-24(20-32-19-22-14-16-31-17-15-22)21-35(33-30)25-8-4-3-5-9-25/h3-18,20-21H,2,19H2,1H3. The quantitative estimate of drug-likeness (QED) is 0.263. The van der Waals surface area contributed by atoms with Crippen LogP contribution in [0.3, 0.4) is 0 Å². The van der Waals surface area contributed by atoms with Gasteiger partial charge in [0.15, 0.2) is 0 Å². The number of benzene rings is 3. The van der Waals surface area contributed by atoms with Crippen molar-refractivity contribution in [3.8, 4) is 16.9 Å². The van der Waals surface area contributed by atoms with E-state index in [1.807, 2.05) is 41.2 Å². The van der Waals surface area contributed by atoms with Crippen LogP contribution in [0, 0.1) is 0 Å². The fourth-order valence-electron chi connectivity index (χ4n) is 4.70. The van der Waals surface area contributed by atoms with E-state index in [2.05, 4.69) is 77.3 Å². The van der Waals surface area contributed by atoms with Gasteiger partial charge in [-0.1, -0.05) is 42.5 Å². The number of pyridine rings is 1. The van der Waals surface area contributed by atoms with Gasteiger partial charge in [0.1, 0.15) is 5.69 Å². The predicted octanol–water partition coefficient (Wildman–Crippen LogP) is 6.68. The fourth-order valence-corrected chi connectivity index (χ4v) is 4.70. The maximum Gasteiger partial charge on any atom is 0.102 e. The molecule has 5 heteroatoms. The van der Waals surface area contributed by atoms with Crippen molar-refractivity contribution < 1.29 is 0 Å². The third kappa shape index (κ3) is 3.91. The lowest BCUT2D eigenvalue weighted by Crippen LogP contribution is -1.94. The molecule has 5 nitrogen and oxygen atoms in total. The summed E-state index contributed by atoms with van der Waals surface area (Å²) in [5, 5.41) is 7.51. The smallest absolute Gasteiger partial charge is 0.102 e. The van der Waals surface area contributed by atoms with Crippen LogP contribution >= 0.6 is 0 Å². The number of hydrogen-bond donors (Lipinski definition) is 0. The number of aromatic nitrogens is 4. The molecule has 0 amide bonds. The summed E-state index contributed by atoms with van der Waals surface area (Å²) in [6.07, 6.45) is 7.58. The molecule has 0 bridgehead atoms. The number of aliphatic imine (C=N–C) groups is 1. The average molecular weight is 456 g/mol. The van der Waals surface area contributed by atoms with Crippen LogP contribution in [0.5, 0.6) is 0 Å². The normalized spacial score (nSPS) is 11.7. The van der Waals surface area contributed by atoms with Gasteiger partial charge < -0.3 is 4.57 Å². The number of aryl methyl sites for hydroxylation is 1. The summed E-state index contributed by atoms with van der Waals surface area (Å²) in [7, 11) is 0. The molecular formula is C30H25N5. The Bertz CT molecular complexity index is 1640. The van der Waals surface area contributed by atoms with Crippen molar-refractivity contribution in [2.24, 2.45) is 4.99 Å². The van der Waals surface area contributed by atoms with Crippen molar-refractivity contribution in [1.82, 2.24) is 19.3 Å². The van der Waals surface area contributed by atoms with E-state index in [9.17, 15) is 0 Å². The Morgan fingerprint density at radius 1 is 0.829 bits per heavy atom. The molecule has 0 aliphatic carbocycles. The molecule has 0 saturated heterocycles. The molecule has 0 unspecified atom stereocenters. The van der Waals surface area contributed by atoms with Gasteiger partial charge in [0.05, 0.1) is 12.2 Å². The monoisotopic (exact) mass is 455 g/mol. The molecule has 0 spiro atoms. The summed E-state index contributed by atoms with van der Waals surface area (Å²) < 4.78 is 4.30. The van der Waals surface area contributed by atoms with E-state index in [0.29, 0.717) is 6.54 Å². The first-order valence-corrected chi connectivity index (χ1v) is 11.9. The highest BCUT2D eigenvalue weighted by Gasteiger charge is 2.15. The van der Waals surface area contributed by atoms with E-state index in [4.69, 9.17) is 10.1 Å². The minimum Gasteiger partial charge on any atom is -0.341 e. The second-order valence-electron chi connectivity index (χ2n) is 8.53. The molecule has 3 aromatic heterocycles. The van der Waals surface area contributed by atoms with Gasteiger partial charge >= 0.3 is 0 Å². The summed E-state index contributed by atoms with van der Waals surface area (Å²) in [4.78, 5) is 8.81. The number of nitrogens with zero attached hydrogens (tertiary/aromatic N) is 5. The molecule has 0 aliphatic rings. The topological polar surface area (TPSA) is 48.0 Å². The van der Waals surface area contributed by atoms with Gasteiger partial charge in [-0.25, -0.2) is 4.68 Å². The van der Waals surface area contributed by atoms with Gasteiger partial charge in [-0.15, -0.1) is 0 Å². The first-order valence-electron chi connectivity index (χ1n) is 11.9. The minimum absolute atomic E-state index is 0.599. The first-order chi connectivity index (χ1) is 17.3. The van der Waals surface area contributed by atoms with E-state index in [0.717, 1.165) is 34.6 Å². The van der Waals surface area contributed by atoms with E-state index in [1.54, 1.807) is 12.4 Å². The molecule has 6 rings (SSSR count). The van der Waals surface area contributed by atoms with Crippen molar-refractivity contribution in [3.63, 3.8) is 0 Å². The highest BCUT2D eigenvalue weighted by atomic mass is 15.3. The van der Waals surface area contributed by atoms with Crippen LogP contribution in [-0.2, 0) is 13.1 Å². The second kappa shape index (κ2) is 9.03. The third-order valence-corrected chi connectivity index (χ3v) is 6.38. The highest BCUT2D eigenvalue weighted by molar-refractivity contribution is 6.09. The van der Waals surface area contributed by atoms with Crippen LogP contribution in [0.2, 0.25) is 0 Å². The zero-order valence-electron chi connectivity index (χ0n) is 19.5. The Balaban J connectivity index is 1.47. The minimum atomic E-state index is 0.599. The van der Waals surface area contributed by atoms with Crippen LogP contribution in [0.1, 0.15) is 18.1 Å². The molecule has 0 N–H and O–H groups in total. The van der Waals surface area contributed by atoms with Crippen molar-refractivity contribution in [3.05, 3.63) is 115 Å². The predicted molar refractivity (Wildman–Crippen MR) is 143 cm³/mol. The van der Waals surface area contributed by atoms with Crippen LogP contribution in [0.15, 0.2) is 109 Å². The zero-order valence-corrected chi connectivity index (χ0v) is 19.5. The van der Waals surface area contributed by atoms with Crippen molar-refractivity contribution >= 4 is 28.0 Å². The van der Waals surface area contributed by atoms with E-state index in [1.165, 1.54) is 21.8 Å². The molecule has 0 atom stereocenters. The zero-order chi connectivity index (χ0) is 23.6. The molecule has 6 aromatic rings. The van der Waals surface area contributed by atoms with Crippen molar-refractivity contribution in [1.29, 1.82) is 0 Å². The van der Waals surface area contributed by atoms with E-state index < -0.39 is 0 Å². The van der Waals surface area contributed by atoms with Gasteiger partial charge in [0, 0.05) is 64.3 Å². The number of fused-ring (bicyclic) bond motifs is 3. The third-order valence-electron chi connectivity index (χ3n) is 6.38. The van der Waals surface area contributed by atoms with Gasteiger partial charge in [0.25, 0.3) is 0 Å². The molecule has 0 fully saturated rings. The van der Waals surface area contributed by atoms with Gasteiger partial charge in [0.2, 0.25) is 0 Å². The molecule has 0 radical (unpaired) electrons. The molecule has 170 valence electrons. The summed E-state index contributed by atoms with van der Waals surface area (Å²) in [6, 6.07) is 29.4. The van der Waals surface area contributed by atoms with E-state index >= 15 is 0 Å². The molecule has 3 aromatic carbocycles. The van der Waals surface area contributed by atoms with Crippen molar-refractivity contribution in [2.75, 3.05) is 0 Å². The Labute approximate surface area is 204 Å². The van der Waals surface area contributed by atoms with Crippen molar-refractivity contribution in [2.45, 2.75) is 20.0 Å². The largest absolute Gasteiger partial charge is 0.341 e. The van der Waals surface area contributed by atoms with Gasteiger partial charge in [-0.05, 0) is 55.0 Å². The molecule has 0 saturated carbocycles. The number of rotatable bonds is 6. The summed E-state index contributed by atoms with van der Waals surface area (Å²) in [5.74, 6) is 0. The lowest BCUT2D eigenvalue weighted by Gasteiger charge is -2.04. The average Bonchev–Trinajstić information content (AvgIpc) is 3.48. The van der Waals surface area contributed by atoms with E-state index in [-0.39, 0.29) is 0 Å². The van der Waals surface area contributed by atoms with Crippen LogP contribution in [0.25, 0.3) is 38.8 Å². The summed E-state index contributed by atoms with van der Waals surface area (Å²) in [6.45, 7) is 3.72. The SMILES string of the molecule is CCn1c2ccccc2c2cc(-c3nn(-c4ccccc4)cc3C=NCc3ccncc3)ccc21. The Morgan fingerprint density at radius 3 is 2.43 bits per heavy atom. The lowest BCUT2D eigenvalue weighted by atomic mass is 10.0. The molecule has 3 heterocycles.